The number of hydrogen-bond donors (Lipinski definition) is 1. The number of carbonyl (C=O) groups excluding carboxylic acids is 1. The molecule has 2 saturated heterocycles. The van der Waals surface area contributed by atoms with Crippen molar-refractivity contribution in [1.82, 2.24) is 14.2 Å². The molecule has 320 valence electrons. The Morgan fingerprint density at radius 3 is 2.00 bits per heavy atom. The normalized spacial score (nSPS) is 18.2. The summed E-state index contributed by atoms with van der Waals surface area (Å²) >= 11 is 0. The summed E-state index contributed by atoms with van der Waals surface area (Å²) in [4.78, 5) is 31.1. The van der Waals surface area contributed by atoms with Crippen LogP contribution in [0.3, 0.4) is 0 Å². The van der Waals surface area contributed by atoms with Gasteiger partial charge in [0.25, 0.3) is 14.4 Å². The Morgan fingerprint density at radius 1 is 0.823 bits per heavy atom. The van der Waals surface area contributed by atoms with Crippen LogP contribution in [0.2, 0.25) is 0 Å². The van der Waals surface area contributed by atoms with Gasteiger partial charge in [0.15, 0.2) is 9.84 Å². The van der Waals surface area contributed by atoms with Crippen LogP contribution in [0.25, 0.3) is 0 Å². The highest BCUT2D eigenvalue weighted by Crippen LogP contribution is 2.57. The number of benzene rings is 5. The van der Waals surface area contributed by atoms with Gasteiger partial charge < -0.3 is 28.6 Å². The monoisotopic (exact) mass is 874 g/mol. The maximum Gasteiger partial charge on any atom is 0.349 e. The lowest BCUT2D eigenvalue weighted by Gasteiger charge is -2.37. The van der Waals surface area contributed by atoms with Crippen LogP contribution in [-0.2, 0) is 35.8 Å². The van der Waals surface area contributed by atoms with E-state index in [0.717, 1.165) is 29.5 Å². The Hall–Kier alpha value is -5.73. The molecule has 0 bridgehead atoms. The molecule has 8 rings (SSSR count). The highest BCUT2D eigenvalue weighted by atomic mass is 32.2. The average Bonchev–Trinajstić information content (AvgIpc) is 3.92. The lowest BCUT2D eigenvalue weighted by Crippen LogP contribution is -2.39. The molecule has 1 aromatic heterocycles. The molecule has 6 aromatic rings. The van der Waals surface area contributed by atoms with E-state index in [4.69, 9.17) is 23.3 Å². The van der Waals surface area contributed by atoms with E-state index in [1.807, 2.05) is 84.9 Å². The molecule has 2 aliphatic heterocycles. The number of fused-ring (bicyclic) bond motifs is 1. The SMILES string of the molecule is COc1ccc(C(OC[C@H](Cn2ccc(NC(=O)c3ccccc3)nc2=O)O[P@@]2O[C@H](CS(=O)(=O)c3ccccc3)[C@@H]3CCCN32)(c2ccccc2)c2ccc(OC)cc2)cc1. The van der Waals surface area contributed by atoms with Gasteiger partial charge in [-0.15, -0.1) is 0 Å². The maximum atomic E-state index is 13.7. The molecule has 0 radical (unpaired) electrons. The fraction of sp³-hybridized carbons (Fsp3) is 0.255. The van der Waals surface area contributed by atoms with Gasteiger partial charge in [0.05, 0.1) is 44.1 Å². The molecule has 0 unspecified atom stereocenters. The number of hydrogen-bond acceptors (Lipinski definition) is 11. The zero-order chi connectivity index (χ0) is 43.1. The summed E-state index contributed by atoms with van der Waals surface area (Å²) in [6.07, 6.45) is 1.71. The molecule has 13 nitrogen and oxygen atoms in total. The zero-order valence-corrected chi connectivity index (χ0v) is 36.0. The van der Waals surface area contributed by atoms with Crippen LogP contribution in [-0.4, -0.2) is 79.9 Å². The van der Waals surface area contributed by atoms with E-state index in [0.29, 0.717) is 23.6 Å². The number of nitrogens with zero attached hydrogens (tertiary/aromatic N) is 3. The predicted molar refractivity (Wildman–Crippen MR) is 236 cm³/mol. The van der Waals surface area contributed by atoms with E-state index in [2.05, 4.69) is 15.0 Å². The number of sulfone groups is 1. The first kappa shape index (κ1) is 42.9. The Bertz CT molecular complexity index is 2560. The minimum Gasteiger partial charge on any atom is -0.497 e. The highest BCUT2D eigenvalue weighted by molar-refractivity contribution is 7.91. The van der Waals surface area contributed by atoms with E-state index in [9.17, 15) is 18.0 Å². The average molecular weight is 875 g/mol. The lowest BCUT2D eigenvalue weighted by molar-refractivity contribution is -0.0363. The molecule has 3 heterocycles. The van der Waals surface area contributed by atoms with Gasteiger partial charge in [-0.3, -0.25) is 9.36 Å². The molecule has 0 aliphatic carbocycles. The number of carbonyl (C=O) groups is 1. The first-order chi connectivity index (χ1) is 30.2. The zero-order valence-electron chi connectivity index (χ0n) is 34.3. The quantitative estimate of drug-likeness (QED) is 0.0719. The number of ether oxygens (including phenoxy) is 3. The summed E-state index contributed by atoms with van der Waals surface area (Å²) in [7, 11) is -2.24. The molecular formula is C47H47N4O9PS. The summed E-state index contributed by atoms with van der Waals surface area (Å²) in [5.74, 6) is 0.845. The van der Waals surface area contributed by atoms with Gasteiger partial charge in [0, 0.05) is 24.3 Å². The summed E-state index contributed by atoms with van der Waals surface area (Å²) in [6, 6.07) is 43.6. The number of amides is 1. The van der Waals surface area contributed by atoms with E-state index in [-0.39, 0.29) is 35.7 Å². The van der Waals surface area contributed by atoms with Crippen molar-refractivity contribution < 1.29 is 36.5 Å². The number of methoxy groups -OCH3 is 2. The van der Waals surface area contributed by atoms with Crippen molar-refractivity contribution in [1.29, 1.82) is 0 Å². The summed E-state index contributed by atoms with van der Waals surface area (Å²) < 4.78 is 62.6. The summed E-state index contributed by atoms with van der Waals surface area (Å²) in [5, 5.41) is 2.70. The second-order valence-corrected chi connectivity index (χ2v) is 18.4. The highest BCUT2D eigenvalue weighted by Gasteiger charge is 2.49. The van der Waals surface area contributed by atoms with E-state index >= 15 is 0 Å². The van der Waals surface area contributed by atoms with Crippen LogP contribution in [0.1, 0.15) is 39.9 Å². The molecule has 2 aliphatic rings. The Morgan fingerprint density at radius 2 is 1.40 bits per heavy atom. The number of nitrogens with one attached hydrogen (secondary N) is 1. The van der Waals surface area contributed by atoms with Crippen LogP contribution < -0.4 is 20.5 Å². The van der Waals surface area contributed by atoms with E-state index in [1.54, 1.807) is 81.1 Å². The van der Waals surface area contributed by atoms with Crippen molar-refractivity contribution in [2.24, 2.45) is 0 Å². The van der Waals surface area contributed by atoms with Crippen molar-refractivity contribution in [3.8, 4) is 11.5 Å². The van der Waals surface area contributed by atoms with Crippen molar-refractivity contribution in [3.05, 3.63) is 185 Å². The van der Waals surface area contributed by atoms with Crippen molar-refractivity contribution >= 4 is 30.1 Å². The van der Waals surface area contributed by atoms with Crippen LogP contribution >= 0.6 is 8.53 Å². The third-order valence-electron chi connectivity index (χ3n) is 11.1. The molecule has 1 N–H and O–H groups in total. The van der Waals surface area contributed by atoms with Gasteiger partial charge in [0.2, 0.25) is 0 Å². The first-order valence-electron chi connectivity index (χ1n) is 20.3. The summed E-state index contributed by atoms with van der Waals surface area (Å²) in [5.41, 5.74) is 1.05. The van der Waals surface area contributed by atoms with Crippen LogP contribution in [0.15, 0.2) is 161 Å². The second kappa shape index (κ2) is 19.1. The number of rotatable bonds is 17. The van der Waals surface area contributed by atoms with E-state index < -0.39 is 47.8 Å². The molecule has 0 saturated carbocycles. The van der Waals surface area contributed by atoms with Crippen molar-refractivity contribution in [2.75, 3.05) is 38.4 Å². The topological polar surface area (TPSA) is 148 Å². The Labute approximate surface area is 362 Å². The molecule has 1 amide bonds. The summed E-state index contributed by atoms with van der Waals surface area (Å²) in [6.45, 7) is 0.594. The van der Waals surface area contributed by atoms with Gasteiger partial charge in [-0.25, -0.2) is 17.9 Å². The van der Waals surface area contributed by atoms with Gasteiger partial charge in [-0.1, -0.05) is 91.0 Å². The standard InChI is InChI=1S/C47H47N4O9PS/c1-56-38-24-20-36(21-25-38)47(35-15-8-4-9-16-35,37-22-26-39(57-2)27-23-37)58-32-40(31-50-30-28-44(49-46(50)53)48-45(52)34-13-6-3-7-14-34)59-61-51-29-12-19-42(51)43(60-61)33-62(54,55)41-17-10-5-11-18-41/h3-11,13-18,20-28,30,40,42-43H,12,19,29,31-33H2,1-2H3,(H,48,49,52,53)/t40-,42-,43+,61-/m0/s1. The molecule has 5 aromatic carbocycles. The minimum absolute atomic E-state index is 0.0114. The molecule has 0 spiro atoms. The molecule has 4 atom stereocenters. The maximum absolute atomic E-state index is 13.7. The lowest BCUT2D eigenvalue weighted by atomic mass is 9.80. The Balaban J connectivity index is 1.14. The van der Waals surface area contributed by atoms with Gasteiger partial charge >= 0.3 is 5.69 Å². The van der Waals surface area contributed by atoms with Crippen LogP contribution in [0, 0.1) is 0 Å². The fourth-order valence-corrected chi connectivity index (χ4v) is 11.5. The molecule has 15 heteroatoms. The largest absolute Gasteiger partial charge is 0.497 e. The first-order valence-corrected chi connectivity index (χ1v) is 23.1. The smallest absolute Gasteiger partial charge is 0.349 e. The van der Waals surface area contributed by atoms with Crippen molar-refractivity contribution in [2.45, 2.75) is 48.1 Å². The molecular weight excluding hydrogens is 828 g/mol. The molecule has 2 fully saturated rings. The van der Waals surface area contributed by atoms with Gasteiger partial charge in [-0.2, -0.15) is 4.98 Å². The number of aromatic nitrogens is 2. The number of anilines is 1. The van der Waals surface area contributed by atoms with Gasteiger partial charge in [-0.05, 0) is 84.1 Å². The Kier molecular flexibility index (Phi) is 13.2. The third-order valence-corrected chi connectivity index (χ3v) is 14.7. The van der Waals surface area contributed by atoms with Crippen LogP contribution in [0.4, 0.5) is 5.82 Å². The second-order valence-electron chi connectivity index (χ2n) is 15.0. The van der Waals surface area contributed by atoms with E-state index in [1.165, 1.54) is 4.57 Å². The van der Waals surface area contributed by atoms with Crippen molar-refractivity contribution in [3.63, 3.8) is 0 Å². The molecule has 62 heavy (non-hydrogen) atoms. The van der Waals surface area contributed by atoms with Crippen LogP contribution in [0.5, 0.6) is 11.5 Å². The fourth-order valence-electron chi connectivity index (χ4n) is 7.94. The predicted octanol–water partition coefficient (Wildman–Crippen LogP) is 7.47. The third kappa shape index (κ3) is 9.36. The van der Waals surface area contributed by atoms with Gasteiger partial charge in [0.1, 0.15) is 29.0 Å². The minimum atomic E-state index is -3.67.